The molecular formula is C28H36O4. The molecule has 2 aromatic rings. The van der Waals surface area contributed by atoms with Gasteiger partial charge in [-0.1, -0.05) is 114 Å². The molecule has 0 bridgehead atoms. The number of carboxylic acids is 2. The highest BCUT2D eigenvalue weighted by Crippen LogP contribution is 2.28. The van der Waals surface area contributed by atoms with Gasteiger partial charge >= 0.3 is 11.9 Å². The molecule has 2 N–H and O–H groups in total. The Morgan fingerprint density at radius 1 is 0.656 bits per heavy atom. The highest BCUT2D eigenvalue weighted by atomic mass is 16.4. The summed E-state index contributed by atoms with van der Waals surface area (Å²) < 4.78 is 0. The zero-order valence-electron chi connectivity index (χ0n) is 20.1. The highest BCUT2D eigenvalue weighted by Gasteiger charge is 2.19. The Morgan fingerprint density at radius 3 is 1.16 bits per heavy atom. The van der Waals surface area contributed by atoms with Crippen molar-refractivity contribution < 1.29 is 19.8 Å². The molecule has 0 spiro atoms. The van der Waals surface area contributed by atoms with Crippen molar-refractivity contribution in [2.24, 2.45) is 10.8 Å². The van der Waals surface area contributed by atoms with E-state index >= 15 is 0 Å². The van der Waals surface area contributed by atoms with E-state index in [1.54, 1.807) is 0 Å². The number of hydrogen-bond acceptors (Lipinski definition) is 2. The Kier molecular flexibility index (Phi) is 10.1. The maximum absolute atomic E-state index is 11.2. The normalized spacial score (nSPS) is 12.6. The summed E-state index contributed by atoms with van der Waals surface area (Å²) in [5, 5.41) is 18.4. The van der Waals surface area contributed by atoms with Gasteiger partial charge < -0.3 is 10.2 Å². The summed E-state index contributed by atoms with van der Waals surface area (Å²) in [5.74, 6) is -1.74. The maximum atomic E-state index is 11.2. The molecule has 0 atom stereocenters. The predicted octanol–water partition coefficient (Wildman–Crippen LogP) is 7.18. The van der Waals surface area contributed by atoms with Crippen molar-refractivity contribution in [2.75, 3.05) is 0 Å². The molecule has 2 aromatic carbocycles. The van der Waals surface area contributed by atoms with Gasteiger partial charge in [0.25, 0.3) is 0 Å². The van der Waals surface area contributed by atoms with Crippen LogP contribution in [0.1, 0.15) is 65.5 Å². The fourth-order valence-corrected chi connectivity index (χ4v) is 2.76. The van der Waals surface area contributed by atoms with Gasteiger partial charge in [-0.05, 0) is 34.8 Å². The Morgan fingerprint density at radius 2 is 0.938 bits per heavy atom. The third-order valence-electron chi connectivity index (χ3n) is 5.52. The van der Waals surface area contributed by atoms with Crippen LogP contribution in [0.3, 0.4) is 0 Å². The van der Waals surface area contributed by atoms with Crippen molar-refractivity contribution in [1.29, 1.82) is 0 Å². The molecule has 0 saturated carbocycles. The number of allylic oxidation sites excluding steroid dienone is 2. The van der Waals surface area contributed by atoms with Crippen LogP contribution in [0.15, 0.2) is 72.8 Å². The summed E-state index contributed by atoms with van der Waals surface area (Å²) >= 11 is 0. The molecule has 172 valence electrons. The third kappa shape index (κ3) is 8.93. The van der Waals surface area contributed by atoms with Gasteiger partial charge in [-0.3, -0.25) is 0 Å². The zero-order valence-corrected chi connectivity index (χ0v) is 20.1. The summed E-state index contributed by atoms with van der Waals surface area (Å²) in [5.41, 5.74) is 2.10. The standard InChI is InChI=1S/2C14H18O2/c2*1-4-14(2,3)10-12(13(15)16)11-8-6-5-7-9-11/h2*5-10H,4H2,1-3H3,(H,15,16). The van der Waals surface area contributed by atoms with E-state index in [-0.39, 0.29) is 10.8 Å². The molecule has 0 heterocycles. The second-order valence-electron chi connectivity index (χ2n) is 9.14. The van der Waals surface area contributed by atoms with Gasteiger partial charge in [0.1, 0.15) is 0 Å². The number of hydrogen-bond donors (Lipinski definition) is 2. The van der Waals surface area contributed by atoms with Crippen LogP contribution in [0.5, 0.6) is 0 Å². The van der Waals surface area contributed by atoms with Crippen LogP contribution in [0.2, 0.25) is 0 Å². The number of carboxylic acid groups (broad SMARTS) is 2. The van der Waals surface area contributed by atoms with Crippen molar-refractivity contribution in [2.45, 2.75) is 54.4 Å². The first-order chi connectivity index (χ1) is 14.9. The molecule has 0 fully saturated rings. The van der Waals surface area contributed by atoms with Gasteiger partial charge in [-0.25, -0.2) is 9.59 Å². The Balaban J connectivity index is 0.000000320. The highest BCUT2D eigenvalue weighted by molar-refractivity contribution is 6.16. The van der Waals surface area contributed by atoms with Crippen LogP contribution in [-0.2, 0) is 9.59 Å². The van der Waals surface area contributed by atoms with E-state index in [4.69, 9.17) is 0 Å². The van der Waals surface area contributed by atoms with E-state index in [1.807, 2.05) is 101 Å². The van der Waals surface area contributed by atoms with E-state index in [1.165, 1.54) is 0 Å². The third-order valence-corrected chi connectivity index (χ3v) is 5.52. The van der Waals surface area contributed by atoms with Gasteiger partial charge in [0.15, 0.2) is 0 Å². The lowest BCUT2D eigenvalue weighted by atomic mass is 9.86. The SMILES string of the molecule is CCC(C)(C)C=C(C(=O)O)c1ccccc1.CCC(C)(C)C=C(C(=O)O)c1ccccc1. The molecular weight excluding hydrogens is 400 g/mol. The molecule has 0 aliphatic carbocycles. The smallest absolute Gasteiger partial charge is 0.335 e. The average molecular weight is 437 g/mol. The van der Waals surface area contributed by atoms with Gasteiger partial charge in [0.05, 0.1) is 11.1 Å². The van der Waals surface area contributed by atoms with Crippen LogP contribution in [0.25, 0.3) is 11.1 Å². The fraction of sp³-hybridized carbons (Fsp3) is 0.357. The van der Waals surface area contributed by atoms with Crippen molar-refractivity contribution in [1.82, 2.24) is 0 Å². The zero-order chi connectivity index (χ0) is 24.4. The van der Waals surface area contributed by atoms with Gasteiger partial charge in [0, 0.05) is 0 Å². The second-order valence-corrected chi connectivity index (χ2v) is 9.14. The van der Waals surface area contributed by atoms with Crippen molar-refractivity contribution in [3.05, 3.63) is 83.9 Å². The topological polar surface area (TPSA) is 74.6 Å². The van der Waals surface area contributed by atoms with Crippen molar-refractivity contribution in [3.8, 4) is 0 Å². The van der Waals surface area contributed by atoms with E-state index < -0.39 is 11.9 Å². The minimum atomic E-state index is -0.868. The van der Waals surface area contributed by atoms with Gasteiger partial charge in [-0.2, -0.15) is 0 Å². The first-order valence-electron chi connectivity index (χ1n) is 11.0. The van der Waals surface area contributed by atoms with Crippen molar-refractivity contribution in [3.63, 3.8) is 0 Å². The Bertz CT molecular complexity index is 856. The predicted molar refractivity (Wildman–Crippen MR) is 132 cm³/mol. The Labute approximate surface area is 192 Å². The van der Waals surface area contributed by atoms with E-state index in [9.17, 15) is 19.8 Å². The summed E-state index contributed by atoms with van der Waals surface area (Å²) in [6.45, 7) is 12.3. The first-order valence-corrected chi connectivity index (χ1v) is 11.0. The van der Waals surface area contributed by atoms with Crippen molar-refractivity contribution >= 4 is 23.1 Å². The average Bonchev–Trinajstić information content (AvgIpc) is 2.77. The molecule has 0 radical (unpaired) electrons. The number of carbonyl (C=O) groups is 2. The molecule has 0 aliphatic heterocycles. The van der Waals surface area contributed by atoms with Gasteiger partial charge in [-0.15, -0.1) is 0 Å². The van der Waals surface area contributed by atoms with E-state index in [0.717, 1.165) is 24.0 Å². The monoisotopic (exact) mass is 436 g/mol. The lowest BCUT2D eigenvalue weighted by Gasteiger charge is -2.18. The lowest BCUT2D eigenvalue weighted by molar-refractivity contribution is -0.131. The summed E-state index contributed by atoms with van der Waals surface area (Å²) in [6, 6.07) is 18.5. The molecule has 4 nitrogen and oxygen atoms in total. The largest absolute Gasteiger partial charge is 0.478 e. The van der Waals surface area contributed by atoms with Crippen LogP contribution >= 0.6 is 0 Å². The minimum absolute atomic E-state index is 0.0937. The number of aliphatic carboxylic acids is 2. The van der Waals surface area contributed by atoms with Crippen LogP contribution in [0, 0.1) is 10.8 Å². The van der Waals surface area contributed by atoms with Crippen LogP contribution in [-0.4, -0.2) is 22.2 Å². The minimum Gasteiger partial charge on any atom is -0.478 e. The molecule has 0 aliphatic rings. The molecule has 2 rings (SSSR count). The van der Waals surface area contributed by atoms with Crippen LogP contribution < -0.4 is 0 Å². The van der Waals surface area contributed by atoms with Gasteiger partial charge in [0.2, 0.25) is 0 Å². The fourth-order valence-electron chi connectivity index (χ4n) is 2.76. The maximum Gasteiger partial charge on any atom is 0.335 e. The first kappa shape index (κ1) is 26.9. The van der Waals surface area contributed by atoms with E-state index in [0.29, 0.717) is 11.1 Å². The molecule has 0 unspecified atom stereocenters. The molecule has 32 heavy (non-hydrogen) atoms. The molecule has 0 aromatic heterocycles. The quantitative estimate of drug-likeness (QED) is 0.430. The molecule has 0 amide bonds. The number of rotatable bonds is 8. The number of benzene rings is 2. The summed E-state index contributed by atoms with van der Waals surface area (Å²) in [7, 11) is 0. The van der Waals surface area contributed by atoms with Crippen LogP contribution in [0.4, 0.5) is 0 Å². The second kappa shape index (κ2) is 12.0. The van der Waals surface area contributed by atoms with E-state index in [2.05, 4.69) is 13.8 Å². The Hall–Kier alpha value is -3.14. The molecule has 0 saturated heterocycles. The molecule has 4 heteroatoms. The summed E-state index contributed by atoms with van der Waals surface area (Å²) in [4.78, 5) is 22.5. The summed E-state index contributed by atoms with van der Waals surface area (Å²) in [6.07, 6.45) is 5.50. The lowest BCUT2D eigenvalue weighted by Crippen LogP contribution is -2.10.